The highest BCUT2D eigenvalue weighted by Crippen LogP contribution is 2.14. The number of aliphatic imine (C=N–C) groups is 1. The zero-order valence-electron chi connectivity index (χ0n) is 14.8. The van der Waals surface area contributed by atoms with Crippen LogP contribution < -0.4 is 15.4 Å². The molecule has 0 saturated carbocycles. The molecule has 0 amide bonds. The van der Waals surface area contributed by atoms with E-state index in [0.717, 1.165) is 24.7 Å². The largest absolute Gasteiger partial charge is 0.491 e. The summed E-state index contributed by atoms with van der Waals surface area (Å²) in [6.45, 7) is 5.62. The molecular weight excluding hydrogens is 298 g/mol. The van der Waals surface area contributed by atoms with E-state index in [2.05, 4.69) is 52.0 Å². The SMILES string of the molecule is CN=C(NCCc1ccccc1)NCc1cccc(OC(C)C)c1. The quantitative estimate of drug-likeness (QED) is 0.606. The Morgan fingerprint density at radius 1 is 1.00 bits per heavy atom. The second-order valence-electron chi connectivity index (χ2n) is 5.90. The molecule has 0 spiro atoms. The molecule has 2 rings (SSSR count). The number of guanidine groups is 1. The molecule has 0 radical (unpaired) electrons. The van der Waals surface area contributed by atoms with Gasteiger partial charge in [-0.2, -0.15) is 0 Å². The van der Waals surface area contributed by atoms with Crippen LogP contribution in [0.25, 0.3) is 0 Å². The van der Waals surface area contributed by atoms with Crippen LogP contribution in [0.15, 0.2) is 59.6 Å². The molecule has 0 bridgehead atoms. The van der Waals surface area contributed by atoms with Crippen molar-refractivity contribution in [1.82, 2.24) is 10.6 Å². The van der Waals surface area contributed by atoms with Crippen molar-refractivity contribution in [1.29, 1.82) is 0 Å². The maximum atomic E-state index is 5.73. The number of hydrogen-bond acceptors (Lipinski definition) is 2. The second kappa shape index (κ2) is 9.60. The van der Waals surface area contributed by atoms with Crippen molar-refractivity contribution in [3.63, 3.8) is 0 Å². The highest BCUT2D eigenvalue weighted by atomic mass is 16.5. The highest BCUT2D eigenvalue weighted by molar-refractivity contribution is 5.79. The van der Waals surface area contributed by atoms with Gasteiger partial charge in [-0.3, -0.25) is 4.99 Å². The molecule has 2 aromatic rings. The molecule has 0 atom stereocenters. The fourth-order valence-corrected chi connectivity index (χ4v) is 2.38. The van der Waals surface area contributed by atoms with E-state index in [1.54, 1.807) is 7.05 Å². The van der Waals surface area contributed by atoms with Gasteiger partial charge in [-0.25, -0.2) is 0 Å². The lowest BCUT2D eigenvalue weighted by Gasteiger charge is -2.14. The molecule has 4 nitrogen and oxygen atoms in total. The highest BCUT2D eigenvalue weighted by Gasteiger charge is 2.02. The van der Waals surface area contributed by atoms with Gasteiger partial charge in [0.1, 0.15) is 5.75 Å². The summed E-state index contributed by atoms with van der Waals surface area (Å²) in [6, 6.07) is 18.6. The second-order valence-corrected chi connectivity index (χ2v) is 5.90. The van der Waals surface area contributed by atoms with Crippen LogP contribution in [0.2, 0.25) is 0 Å². The van der Waals surface area contributed by atoms with Gasteiger partial charge in [0.15, 0.2) is 5.96 Å². The van der Waals surface area contributed by atoms with Gasteiger partial charge in [-0.15, -0.1) is 0 Å². The van der Waals surface area contributed by atoms with E-state index in [4.69, 9.17) is 4.74 Å². The minimum Gasteiger partial charge on any atom is -0.491 e. The minimum atomic E-state index is 0.181. The van der Waals surface area contributed by atoms with E-state index in [1.807, 2.05) is 32.0 Å². The zero-order chi connectivity index (χ0) is 17.2. The molecule has 0 aliphatic carbocycles. The Morgan fingerprint density at radius 2 is 1.75 bits per heavy atom. The molecule has 0 saturated heterocycles. The topological polar surface area (TPSA) is 45.7 Å². The van der Waals surface area contributed by atoms with Crippen molar-refractivity contribution in [3.8, 4) is 5.75 Å². The Kier molecular flexibility index (Phi) is 7.15. The standard InChI is InChI=1S/C20H27N3O/c1-16(2)24-19-11-7-10-18(14-19)15-23-20(21-3)22-13-12-17-8-5-4-6-9-17/h4-11,14,16H,12-13,15H2,1-3H3,(H2,21,22,23). The summed E-state index contributed by atoms with van der Waals surface area (Å²) in [5.74, 6) is 1.71. The number of rotatable bonds is 7. The van der Waals surface area contributed by atoms with E-state index in [9.17, 15) is 0 Å². The fraction of sp³-hybridized carbons (Fsp3) is 0.350. The van der Waals surface area contributed by atoms with Crippen molar-refractivity contribution in [3.05, 3.63) is 65.7 Å². The van der Waals surface area contributed by atoms with Crippen molar-refractivity contribution < 1.29 is 4.74 Å². The van der Waals surface area contributed by atoms with Gasteiger partial charge in [-0.05, 0) is 43.5 Å². The Balaban J connectivity index is 1.79. The normalized spacial score (nSPS) is 11.4. The van der Waals surface area contributed by atoms with Crippen molar-refractivity contribution >= 4 is 5.96 Å². The predicted molar refractivity (Wildman–Crippen MR) is 101 cm³/mol. The fourth-order valence-electron chi connectivity index (χ4n) is 2.38. The monoisotopic (exact) mass is 325 g/mol. The number of hydrogen-bond donors (Lipinski definition) is 2. The van der Waals surface area contributed by atoms with E-state index in [0.29, 0.717) is 6.54 Å². The lowest BCUT2D eigenvalue weighted by atomic mass is 10.1. The Morgan fingerprint density at radius 3 is 2.46 bits per heavy atom. The molecule has 2 N–H and O–H groups in total. The Bertz CT molecular complexity index is 638. The average molecular weight is 325 g/mol. The molecule has 0 unspecified atom stereocenters. The molecule has 4 heteroatoms. The third kappa shape index (κ3) is 6.32. The smallest absolute Gasteiger partial charge is 0.191 e. The summed E-state index contributed by atoms with van der Waals surface area (Å²) >= 11 is 0. The Labute approximate surface area is 145 Å². The summed E-state index contributed by atoms with van der Waals surface area (Å²) in [7, 11) is 1.79. The van der Waals surface area contributed by atoms with Gasteiger partial charge in [0, 0.05) is 20.1 Å². The van der Waals surface area contributed by atoms with Crippen molar-refractivity contribution in [2.75, 3.05) is 13.6 Å². The van der Waals surface area contributed by atoms with Crippen LogP contribution in [-0.4, -0.2) is 25.7 Å². The van der Waals surface area contributed by atoms with Crippen LogP contribution in [0.4, 0.5) is 0 Å². The van der Waals surface area contributed by atoms with Crippen LogP contribution >= 0.6 is 0 Å². The number of nitrogens with one attached hydrogen (secondary N) is 2. The van der Waals surface area contributed by atoms with Gasteiger partial charge < -0.3 is 15.4 Å². The maximum absolute atomic E-state index is 5.73. The van der Waals surface area contributed by atoms with Crippen LogP contribution in [0, 0.1) is 0 Å². The number of ether oxygens (including phenoxy) is 1. The first-order chi connectivity index (χ1) is 11.7. The van der Waals surface area contributed by atoms with Crippen LogP contribution in [0.3, 0.4) is 0 Å². The van der Waals surface area contributed by atoms with Crippen molar-refractivity contribution in [2.24, 2.45) is 4.99 Å². The molecule has 128 valence electrons. The average Bonchev–Trinajstić information content (AvgIpc) is 2.58. The zero-order valence-corrected chi connectivity index (χ0v) is 14.8. The third-order valence-electron chi connectivity index (χ3n) is 3.50. The minimum absolute atomic E-state index is 0.181. The first-order valence-corrected chi connectivity index (χ1v) is 8.41. The summed E-state index contributed by atoms with van der Waals surface area (Å²) in [6.07, 6.45) is 1.15. The molecule has 0 heterocycles. The summed E-state index contributed by atoms with van der Waals surface area (Å²) in [5, 5.41) is 6.68. The molecular formula is C20H27N3O. The molecule has 24 heavy (non-hydrogen) atoms. The molecule has 0 aliphatic heterocycles. The molecule has 2 aromatic carbocycles. The summed E-state index contributed by atoms with van der Waals surface area (Å²) < 4.78 is 5.73. The molecule has 0 aromatic heterocycles. The van der Waals surface area contributed by atoms with Crippen molar-refractivity contribution in [2.45, 2.75) is 32.9 Å². The van der Waals surface area contributed by atoms with Gasteiger partial charge in [0.2, 0.25) is 0 Å². The summed E-state index contributed by atoms with van der Waals surface area (Å²) in [4.78, 5) is 4.27. The Hall–Kier alpha value is -2.49. The maximum Gasteiger partial charge on any atom is 0.191 e. The summed E-state index contributed by atoms with van der Waals surface area (Å²) in [5.41, 5.74) is 2.48. The van der Waals surface area contributed by atoms with E-state index >= 15 is 0 Å². The molecule has 0 fully saturated rings. The predicted octanol–water partition coefficient (Wildman–Crippen LogP) is 3.38. The van der Waals surface area contributed by atoms with Crippen LogP contribution in [0.1, 0.15) is 25.0 Å². The first kappa shape index (κ1) is 17.9. The van der Waals surface area contributed by atoms with Gasteiger partial charge in [-0.1, -0.05) is 42.5 Å². The lowest BCUT2D eigenvalue weighted by Crippen LogP contribution is -2.37. The van der Waals surface area contributed by atoms with Gasteiger partial charge in [0.25, 0.3) is 0 Å². The molecule has 0 aliphatic rings. The number of benzene rings is 2. The van der Waals surface area contributed by atoms with Crippen LogP contribution in [-0.2, 0) is 13.0 Å². The first-order valence-electron chi connectivity index (χ1n) is 8.41. The van der Waals surface area contributed by atoms with E-state index in [1.165, 1.54) is 11.1 Å². The van der Waals surface area contributed by atoms with E-state index < -0.39 is 0 Å². The van der Waals surface area contributed by atoms with E-state index in [-0.39, 0.29) is 6.10 Å². The third-order valence-corrected chi connectivity index (χ3v) is 3.50. The lowest BCUT2D eigenvalue weighted by molar-refractivity contribution is 0.242. The number of nitrogens with zero attached hydrogens (tertiary/aromatic N) is 1. The van der Waals surface area contributed by atoms with Crippen LogP contribution in [0.5, 0.6) is 5.75 Å². The van der Waals surface area contributed by atoms with Gasteiger partial charge in [0.05, 0.1) is 6.10 Å². The van der Waals surface area contributed by atoms with Gasteiger partial charge >= 0.3 is 0 Å².